The van der Waals surface area contributed by atoms with Crippen molar-refractivity contribution in [3.8, 4) is 10.6 Å². The van der Waals surface area contributed by atoms with E-state index in [1.807, 2.05) is 12.3 Å². The number of hydrogen-bond acceptors (Lipinski definition) is 4. The molecule has 2 heterocycles. The fourth-order valence-corrected chi connectivity index (χ4v) is 1.90. The molecule has 0 saturated carbocycles. The van der Waals surface area contributed by atoms with Crippen LogP contribution in [0, 0.1) is 6.92 Å². The van der Waals surface area contributed by atoms with Crippen molar-refractivity contribution >= 4 is 17.3 Å². The molecule has 0 fully saturated rings. The lowest BCUT2D eigenvalue weighted by Crippen LogP contribution is -1.98. The number of thiazole rings is 1. The Bertz CT molecular complexity index is 474. The van der Waals surface area contributed by atoms with Gasteiger partial charge in [0.2, 0.25) is 0 Å². The van der Waals surface area contributed by atoms with Crippen LogP contribution in [-0.4, -0.2) is 26.3 Å². The van der Waals surface area contributed by atoms with Gasteiger partial charge in [0.05, 0.1) is 11.8 Å². The molecule has 0 atom stereocenters. The Labute approximate surface area is 83.4 Å². The van der Waals surface area contributed by atoms with Gasteiger partial charge in [-0.05, 0) is 6.92 Å². The van der Waals surface area contributed by atoms with Crippen LogP contribution in [0.4, 0.5) is 0 Å². The van der Waals surface area contributed by atoms with Crippen molar-refractivity contribution in [3.63, 3.8) is 0 Å². The van der Waals surface area contributed by atoms with E-state index in [4.69, 9.17) is 5.11 Å². The molecule has 0 bridgehead atoms. The zero-order chi connectivity index (χ0) is 10.1. The highest BCUT2D eigenvalue weighted by Gasteiger charge is 2.15. The predicted molar refractivity (Wildman–Crippen MR) is 51.4 cm³/mol. The maximum absolute atomic E-state index is 10.8. The van der Waals surface area contributed by atoms with Crippen molar-refractivity contribution in [3.05, 3.63) is 23.0 Å². The smallest absolute Gasteiger partial charge is 0.354 e. The van der Waals surface area contributed by atoms with Crippen LogP contribution in [0.25, 0.3) is 10.6 Å². The van der Waals surface area contributed by atoms with E-state index >= 15 is 0 Å². The number of aromatic carboxylic acids is 1. The molecule has 0 aromatic carbocycles. The van der Waals surface area contributed by atoms with Crippen molar-refractivity contribution in [1.82, 2.24) is 15.2 Å². The number of H-pyrrole nitrogens is 1. The first-order valence-corrected chi connectivity index (χ1v) is 4.75. The summed E-state index contributed by atoms with van der Waals surface area (Å²) in [5.41, 5.74) is 1.50. The Kier molecular flexibility index (Phi) is 2.05. The molecule has 0 aliphatic rings. The molecule has 2 N–H and O–H groups in total. The predicted octanol–water partition coefficient (Wildman–Crippen LogP) is 1.54. The zero-order valence-corrected chi connectivity index (χ0v) is 8.13. The normalized spacial score (nSPS) is 10.4. The number of aromatic nitrogens is 3. The number of aryl methyl sites for hydroxylation is 1. The minimum atomic E-state index is -1.02. The van der Waals surface area contributed by atoms with Gasteiger partial charge in [-0.15, -0.1) is 11.3 Å². The second-order valence-electron chi connectivity index (χ2n) is 2.76. The molecule has 14 heavy (non-hydrogen) atoms. The summed E-state index contributed by atoms with van der Waals surface area (Å²) in [6.07, 6.45) is 1.47. The van der Waals surface area contributed by atoms with Gasteiger partial charge in [0, 0.05) is 11.1 Å². The van der Waals surface area contributed by atoms with Crippen LogP contribution >= 0.6 is 11.3 Å². The van der Waals surface area contributed by atoms with Crippen LogP contribution in [0.15, 0.2) is 11.6 Å². The lowest BCUT2D eigenvalue weighted by atomic mass is 10.2. The number of carboxylic acids is 1. The third-order valence-electron chi connectivity index (χ3n) is 1.70. The maximum atomic E-state index is 10.8. The number of carboxylic acid groups (broad SMARTS) is 1. The van der Waals surface area contributed by atoms with Crippen LogP contribution < -0.4 is 0 Å². The molecule has 72 valence electrons. The number of aromatic amines is 1. The molecule has 2 aromatic rings. The van der Waals surface area contributed by atoms with Gasteiger partial charge in [-0.25, -0.2) is 9.78 Å². The maximum Gasteiger partial charge on any atom is 0.354 e. The topological polar surface area (TPSA) is 78.9 Å². The highest BCUT2D eigenvalue weighted by molar-refractivity contribution is 7.13. The molecule has 0 spiro atoms. The summed E-state index contributed by atoms with van der Waals surface area (Å²) in [5, 5.41) is 17.5. The van der Waals surface area contributed by atoms with Crippen LogP contribution in [0.3, 0.4) is 0 Å². The Hall–Kier alpha value is -1.69. The highest BCUT2D eigenvalue weighted by atomic mass is 32.1. The number of nitrogens with zero attached hydrogens (tertiary/aromatic N) is 2. The molecular formula is C8H7N3O2S. The summed E-state index contributed by atoms with van der Waals surface area (Å²) in [4.78, 5) is 15.0. The molecule has 0 saturated heterocycles. The lowest BCUT2D eigenvalue weighted by Gasteiger charge is -1.92. The van der Waals surface area contributed by atoms with Gasteiger partial charge in [-0.2, -0.15) is 5.10 Å². The van der Waals surface area contributed by atoms with Gasteiger partial charge in [-0.3, -0.25) is 5.10 Å². The van der Waals surface area contributed by atoms with Crippen molar-refractivity contribution in [2.24, 2.45) is 0 Å². The summed E-state index contributed by atoms with van der Waals surface area (Å²) in [6, 6.07) is 0. The minimum absolute atomic E-state index is 0.0827. The summed E-state index contributed by atoms with van der Waals surface area (Å²) in [6.45, 7) is 1.86. The number of carbonyl (C=O) groups is 1. The summed E-state index contributed by atoms with van der Waals surface area (Å²) < 4.78 is 0. The summed E-state index contributed by atoms with van der Waals surface area (Å²) >= 11 is 1.40. The van der Waals surface area contributed by atoms with Crippen LogP contribution in [0.2, 0.25) is 0 Å². The third kappa shape index (κ3) is 1.39. The van der Waals surface area contributed by atoms with Crippen LogP contribution in [0.5, 0.6) is 0 Å². The Morgan fingerprint density at radius 2 is 2.43 bits per heavy atom. The van der Waals surface area contributed by atoms with Crippen LogP contribution in [0.1, 0.15) is 16.2 Å². The van der Waals surface area contributed by atoms with Gasteiger partial charge in [0.15, 0.2) is 5.69 Å². The van der Waals surface area contributed by atoms with Crippen molar-refractivity contribution in [1.29, 1.82) is 0 Å². The van der Waals surface area contributed by atoms with E-state index in [-0.39, 0.29) is 5.69 Å². The largest absolute Gasteiger partial charge is 0.477 e. The molecule has 2 rings (SSSR count). The first kappa shape index (κ1) is 8.89. The minimum Gasteiger partial charge on any atom is -0.477 e. The molecule has 0 amide bonds. The number of rotatable bonds is 2. The Balaban J connectivity index is 2.51. The second kappa shape index (κ2) is 3.22. The quantitative estimate of drug-likeness (QED) is 0.786. The van der Waals surface area contributed by atoms with E-state index in [9.17, 15) is 4.79 Å². The average molecular weight is 209 g/mol. The van der Waals surface area contributed by atoms with Crippen LogP contribution in [-0.2, 0) is 0 Å². The van der Waals surface area contributed by atoms with E-state index in [1.54, 1.807) is 0 Å². The molecule has 6 heteroatoms. The Morgan fingerprint density at radius 3 is 3.00 bits per heavy atom. The Morgan fingerprint density at radius 1 is 1.64 bits per heavy atom. The van der Waals surface area contributed by atoms with Gasteiger partial charge in [0.1, 0.15) is 5.01 Å². The summed E-state index contributed by atoms with van der Waals surface area (Å²) in [5.74, 6) is -1.02. The summed E-state index contributed by atoms with van der Waals surface area (Å²) in [7, 11) is 0. The van der Waals surface area contributed by atoms with E-state index in [0.717, 1.165) is 5.69 Å². The number of hydrogen-bond donors (Lipinski definition) is 2. The number of nitrogens with one attached hydrogen (secondary N) is 1. The average Bonchev–Trinajstić information content (AvgIpc) is 2.70. The van der Waals surface area contributed by atoms with Crippen molar-refractivity contribution < 1.29 is 9.90 Å². The fourth-order valence-electron chi connectivity index (χ4n) is 1.09. The van der Waals surface area contributed by atoms with E-state index in [1.165, 1.54) is 17.5 Å². The molecule has 0 aliphatic heterocycles. The first-order chi connectivity index (χ1) is 6.68. The standard InChI is InChI=1S/C8H7N3O2S/c1-4-3-14-7(10-4)5-2-9-11-6(5)8(12)13/h2-3H,1H3,(H,9,11)(H,12,13). The van der Waals surface area contributed by atoms with E-state index < -0.39 is 5.97 Å². The molecule has 0 radical (unpaired) electrons. The highest BCUT2D eigenvalue weighted by Crippen LogP contribution is 2.25. The van der Waals surface area contributed by atoms with Crippen molar-refractivity contribution in [2.45, 2.75) is 6.92 Å². The molecule has 0 unspecified atom stereocenters. The molecule has 5 nitrogen and oxygen atoms in total. The van der Waals surface area contributed by atoms with Crippen molar-refractivity contribution in [2.75, 3.05) is 0 Å². The van der Waals surface area contributed by atoms with Gasteiger partial charge >= 0.3 is 5.97 Å². The second-order valence-corrected chi connectivity index (χ2v) is 3.62. The zero-order valence-electron chi connectivity index (χ0n) is 7.31. The molecule has 2 aromatic heterocycles. The SMILES string of the molecule is Cc1csc(-c2cn[nH]c2C(=O)O)n1. The van der Waals surface area contributed by atoms with E-state index in [0.29, 0.717) is 10.6 Å². The van der Waals surface area contributed by atoms with Gasteiger partial charge < -0.3 is 5.11 Å². The molecular weight excluding hydrogens is 202 g/mol. The molecule has 0 aliphatic carbocycles. The van der Waals surface area contributed by atoms with Gasteiger partial charge in [0.25, 0.3) is 0 Å². The monoisotopic (exact) mass is 209 g/mol. The van der Waals surface area contributed by atoms with Gasteiger partial charge in [-0.1, -0.05) is 0 Å². The lowest BCUT2D eigenvalue weighted by molar-refractivity contribution is 0.0691. The fraction of sp³-hybridized carbons (Fsp3) is 0.125. The van der Waals surface area contributed by atoms with E-state index in [2.05, 4.69) is 15.2 Å². The third-order valence-corrected chi connectivity index (χ3v) is 2.70. The first-order valence-electron chi connectivity index (χ1n) is 3.87.